The number of hydrogen-bond donors (Lipinski definition) is 2. The predicted octanol–water partition coefficient (Wildman–Crippen LogP) is -0.920. The molecule has 0 aliphatic rings. The first-order valence-corrected chi connectivity index (χ1v) is 4.44. The Morgan fingerprint density at radius 1 is 1.79 bits per heavy atom. The highest BCUT2D eigenvalue weighted by atomic mass is 79.9. The molecule has 14 heavy (non-hydrogen) atoms. The Kier molecular flexibility index (Phi) is 3.48. The summed E-state index contributed by atoms with van der Waals surface area (Å²) in [5, 5.41) is 8.42. The Bertz CT molecular complexity index is 450. The second kappa shape index (κ2) is 4.62. The van der Waals surface area contributed by atoms with Crippen LogP contribution in [0.2, 0.25) is 0 Å². The SMILES string of the molecule is Cn1c(CNC(=O)C#CBr)n[nH]c1=O. The lowest BCUT2D eigenvalue weighted by atomic mass is 10.5. The second-order valence-corrected chi connectivity index (χ2v) is 2.80. The van der Waals surface area contributed by atoms with Gasteiger partial charge in [0, 0.05) is 28.9 Å². The van der Waals surface area contributed by atoms with Crippen molar-refractivity contribution in [2.24, 2.45) is 7.05 Å². The molecule has 0 spiro atoms. The van der Waals surface area contributed by atoms with Crippen molar-refractivity contribution in [3.63, 3.8) is 0 Å². The van der Waals surface area contributed by atoms with Gasteiger partial charge in [-0.3, -0.25) is 9.36 Å². The molecule has 1 heterocycles. The highest BCUT2D eigenvalue weighted by Crippen LogP contribution is 1.85. The van der Waals surface area contributed by atoms with Gasteiger partial charge in [-0.05, 0) is 4.83 Å². The van der Waals surface area contributed by atoms with Crippen LogP contribution in [0.15, 0.2) is 4.79 Å². The summed E-state index contributed by atoms with van der Waals surface area (Å²) in [7, 11) is 1.56. The van der Waals surface area contributed by atoms with Crippen molar-refractivity contribution in [2.45, 2.75) is 6.54 Å². The van der Waals surface area contributed by atoms with E-state index in [4.69, 9.17) is 0 Å². The Hall–Kier alpha value is -1.55. The van der Waals surface area contributed by atoms with Crippen LogP contribution in [-0.2, 0) is 18.4 Å². The molecule has 1 amide bonds. The largest absolute Gasteiger partial charge is 0.343 e. The van der Waals surface area contributed by atoms with E-state index in [1.807, 2.05) is 0 Å². The van der Waals surface area contributed by atoms with Crippen LogP contribution >= 0.6 is 15.9 Å². The maximum Gasteiger partial charge on any atom is 0.343 e. The molecule has 0 bridgehead atoms. The summed E-state index contributed by atoms with van der Waals surface area (Å²) in [6.45, 7) is 0.162. The molecule has 0 aliphatic carbocycles. The number of rotatable bonds is 2. The van der Waals surface area contributed by atoms with Gasteiger partial charge in [0.15, 0.2) is 5.82 Å². The molecule has 0 aromatic carbocycles. The summed E-state index contributed by atoms with van der Waals surface area (Å²) in [6, 6.07) is 0. The van der Waals surface area contributed by atoms with Crippen molar-refractivity contribution in [3.05, 3.63) is 16.3 Å². The molecular formula is C7H7BrN4O2. The standard InChI is InChI=1S/C7H7BrN4O2/c1-12-5(10-11-7(12)14)4-9-6(13)2-3-8/h4H2,1H3,(H,9,13)(H,11,14). The molecular weight excluding hydrogens is 252 g/mol. The first-order chi connectivity index (χ1) is 6.65. The van der Waals surface area contributed by atoms with E-state index in [1.54, 1.807) is 7.05 Å². The van der Waals surface area contributed by atoms with Crippen molar-refractivity contribution in [1.29, 1.82) is 0 Å². The molecule has 0 atom stereocenters. The molecule has 6 nitrogen and oxygen atoms in total. The normalized spacial score (nSPS) is 9.00. The molecule has 7 heteroatoms. The first-order valence-electron chi connectivity index (χ1n) is 3.65. The summed E-state index contributed by atoms with van der Waals surface area (Å²) in [5.41, 5.74) is -0.319. The Morgan fingerprint density at radius 2 is 2.50 bits per heavy atom. The number of H-pyrrole nitrogens is 1. The highest BCUT2D eigenvalue weighted by molar-refractivity contribution is 9.12. The monoisotopic (exact) mass is 258 g/mol. The third-order valence-electron chi connectivity index (χ3n) is 1.54. The lowest BCUT2D eigenvalue weighted by Gasteiger charge is -1.98. The van der Waals surface area contributed by atoms with Gasteiger partial charge in [-0.1, -0.05) is 0 Å². The lowest BCUT2D eigenvalue weighted by Crippen LogP contribution is -2.24. The third-order valence-corrected chi connectivity index (χ3v) is 1.74. The zero-order valence-corrected chi connectivity index (χ0v) is 8.88. The van der Waals surface area contributed by atoms with Gasteiger partial charge in [0.05, 0.1) is 6.54 Å². The summed E-state index contributed by atoms with van der Waals surface area (Å²) in [4.78, 5) is 24.1. The molecule has 2 N–H and O–H groups in total. The van der Waals surface area contributed by atoms with E-state index in [1.165, 1.54) is 4.57 Å². The fraction of sp³-hybridized carbons (Fsp3) is 0.286. The number of nitrogens with zero attached hydrogens (tertiary/aromatic N) is 2. The van der Waals surface area contributed by atoms with E-state index < -0.39 is 5.91 Å². The van der Waals surface area contributed by atoms with Crippen LogP contribution in [0.4, 0.5) is 0 Å². The third kappa shape index (κ3) is 2.47. The van der Waals surface area contributed by atoms with Gasteiger partial charge in [-0.2, -0.15) is 5.10 Å². The summed E-state index contributed by atoms with van der Waals surface area (Å²) >= 11 is 2.80. The van der Waals surface area contributed by atoms with Crippen LogP contribution in [-0.4, -0.2) is 20.7 Å². The predicted molar refractivity (Wildman–Crippen MR) is 52.4 cm³/mol. The summed E-state index contributed by atoms with van der Waals surface area (Å²) < 4.78 is 1.31. The fourth-order valence-corrected chi connectivity index (χ4v) is 0.964. The number of halogens is 1. The van der Waals surface area contributed by atoms with Crippen molar-refractivity contribution >= 4 is 21.8 Å². The van der Waals surface area contributed by atoms with Crippen LogP contribution in [0.3, 0.4) is 0 Å². The zero-order valence-electron chi connectivity index (χ0n) is 7.30. The Balaban J connectivity index is 2.61. The first kappa shape index (κ1) is 10.5. The van der Waals surface area contributed by atoms with E-state index >= 15 is 0 Å². The van der Waals surface area contributed by atoms with Crippen LogP contribution < -0.4 is 11.0 Å². The van der Waals surface area contributed by atoms with E-state index in [-0.39, 0.29) is 12.2 Å². The van der Waals surface area contributed by atoms with E-state index in [2.05, 4.69) is 42.2 Å². The molecule has 74 valence electrons. The number of aromatic amines is 1. The summed E-state index contributed by atoms with van der Waals surface area (Å²) in [5.74, 6) is 2.24. The second-order valence-electron chi connectivity index (χ2n) is 2.41. The number of nitrogens with one attached hydrogen (secondary N) is 2. The quantitative estimate of drug-likeness (QED) is 0.674. The molecule has 0 fully saturated rings. The molecule has 0 saturated heterocycles. The molecule has 0 saturated carbocycles. The number of aromatic nitrogens is 3. The van der Waals surface area contributed by atoms with Gasteiger partial charge in [-0.25, -0.2) is 9.89 Å². The number of hydrogen-bond acceptors (Lipinski definition) is 3. The van der Waals surface area contributed by atoms with E-state index in [0.717, 1.165) is 0 Å². The molecule has 0 aliphatic heterocycles. The van der Waals surface area contributed by atoms with Crippen LogP contribution in [0.25, 0.3) is 0 Å². The fourth-order valence-electron chi connectivity index (χ4n) is 0.784. The molecule has 1 aromatic rings. The number of carbonyl (C=O) groups is 1. The topological polar surface area (TPSA) is 79.8 Å². The van der Waals surface area contributed by atoms with Gasteiger partial charge in [0.1, 0.15) is 0 Å². The maximum atomic E-state index is 10.9. The minimum Gasteiger partial charge on any atom is -0.338 e. The smallest absolute Gasteiger partial charge is 0.338 e. The lowest BCUT2D eigenvalue weighted by molar-refractivity contribution is -0.115. The van der Waals surface area contributed by atoms with E-state index in [9.17, 15) is 9.59 Å². The highest BCUT2D eigenvalue weighted by Gasteiger charge is 2.04. The zero-order chi connectivity index (χ0) is 10.6. The molecule has 0 radical (unpaired) electrons. The number of carbonyl (C=O) groups excluding carboxylic acids is 1. The van der Waals surface area contributed by atoms with Crippen molar-refractivity contribution in [1.82, 2.24) is 20.1 Å². The van der Waals surface area contributed by atoms with Crippen LogP contribution in [0.5, 0.6) is 0 Å². The molecule has 0 unspecified atom stereocenters. The van der Waals surface area contributed by atoms with Gasteiger partial charge >= 0.3 is 5.69 Å². The van der Waals surface area contributed by atoms with Crippen LogP contribution in [0.1, 0.15) is 5.82 Å². The van der Waals surface area contributed by atoms with Crippen molar-refractivity contribution in [3.8, 4) is 10.8 Å². The van der Waals surface area contributed by atoms with Gasteiger partial charge in [0.25, 0.3) is 5.91 Å². The minimum absolute atomic E-state index is 0.162. The molecule has 1 rings (SSSR count). The summed E-state index contributed by atoms with van der Waals surface area (Å²) in [6.07, 6.45) is 0. The van der Waals surface area contributed by atoms with Gasteiger partial charge < -0.3 is 5.32 Å². The van der Waals surface area contributed by atoms with Crippen molar-refractivity contribution < 1.29 is 4.79 Å². The van der Waals surface area contributed by atoms with Crippen molar-refractivity contribution in [2.75, 3.05) is 0 Å². The van der Waals surface area contributed by atoms with Crippen LogP contribution in [0, 0.1) is 10.8 Å². The Labute approximate surface area is 87.8 Å². The Morgan fingerprint density at radius 3 is 3.00 bits per heavy atom. The molecule has 1 aromatic heterocycles. The number of amides is 1. The van der Waals surface area contributed by atoms with Gasteiger partial charge in [-0.15, -0.1) is 0 Å². The average Bonchev–Trinajstić information content (AvgIpc) is 2.46. The van der Waals surface area contributed by atoms with E-state index in [0.29, 0.717) is 5.82 Å². The average molecular weight is 259 g/mol. The maximum absolute atomic E-state index is 10.9. The van der Waals surface area contributed by atoms with Gasteiger partial charge in [0.2, 0.25) is 0 Å². The minimum atomic E-state index is -0.433.